The molecule has 0 radical (unpaired) electrons. The fourth-order valence-electron chi connectivity index (χ4n) is 3.73. The van der Waals surface area contributed by atoms with E-state index in [0.717, 1.165) is 13.0 Å². The number of rotatable bonds is 5. The molecule has 3 heterocycles. The Bertz CT molecular complexity index is 549. The zero-order valence-electron chi connectivity index (χ0n) is 14.3. The molecule has 0 aromatic heterocycles. The van der Waals surface area contributed by atoms with Crippen molar-refractivity contribution in [1.29, 1.82) is 0 Å². The van der Waals surface area contributed by atoms with E-state index in [1.807, 2.05) is 6.20 Å². The third kappa shape index (κ3) is 3.15. The summed E-state index contributed by atoms with van der Waals surface area (Å²) in [6, 6.07) is 0.169. The molecule has 3 unspecified atom stereocenters. The van der Waals surface area contributed by atoms with E-state index >= 15 is 0 Å². The number of hydrogen-bond acceptors (Lipinski definition) is 4. The second kappa shape index (κ2) is 6.79. The monoisotopic (exact) mass is 316 g/mol. The molecule has 1 fully saturated rings. The van der Waals surface area contributed by atoms with Gasteiger partial charge in [0.25, 0.3) is 0 Å². The molecule has 0 bridgehead atoms. The van der Waals surface area contributed by atoms with Crippen LogP contribution in [0.4, 0.5) is 0 Å². The van der Waals surface area contributed by atoms with E-state index in [2.05, 4.69) is 60.2 Å². The number of unbranched alkanes of at least 4 members (excludes halogenated alkanes) is 1. The third-order valence-corrected chi connectivity index (χ3v) is 4.89. The largest absolute Gasteiger partial charge is 0.367 e. The summed E-state index contributed by atoms with van der Waals surface area (Å²) in [5.41, 5.74) is 6.06. The van der Waals surface area contributed by atoms with Crippen LogP contribution in [0.25, 0.3) is 0 Å². The molecule has 23 heavy (non-hydrogen) atoms. The minimum absolute atomic E-state index is 0.127. The Morgan fingerprint density at radius 1 is 1.43 bits per heavy atom. The smallest absolute Gasteiger partial charge is 0.224 e. The summed E-state index contributed by atoms with van der Waals surface area (Å²) in [6.45, 7) is 7.50. The lowest BCUT2D eigenvalue weighted by atomic mass is 9.73. The molecule has 3 aliphatic rings. The third-order valence-electron chi connectivity index (χ3n) is 4.89. The van der Waals surface area contributed by atoms with E-state index in [4.69, 9.17) is 0 Å². The summed E-state index contributed by atoms with van der Waals surface area (Å²) in [5.74, 6) is 0.831. The minimum atomic E-state index is 0.127. The van der Waals surface area contributed by atoms with E-state index < -0.39 is 0 Å². The van der Waals surface area contributed by atoms with Gasteiger partial charge in [0.2, 0.25) is 5.91 Å². The van der Waals surface area contributed by atoms with Crippen LogP contribution in [0.5, 0.6) is 0 Å². The van der Waals surface area contributed by atoms with Gasteiger partial charge in [-0.2, -0.15) is 0 Å². The van der Waals surface area contributed by atoms with Crippen LogP contribution < -0.4 is 16.1 Å². The van der Waals surface area contributed by atoms with Gasteiger partial charge in [0, 0.05) is 24.7 Å². The van der Waals surface area contributed by atoms with Crippen molar-refractivity contribution < 1.29 is 4.79 Å². The lowest BCUT2D eigenvalue weighted by molar-refractivity contribution is -0.123. The highest BCUT2D eigenvalue weighted by Crippen LogP contribution is 2.39. The molecular weight excluding hydrogens is 288 g/mol. The van der Waals surface area contributed by atoms with Gasteiger partial charge in [0.1, 0.15) is 6.17 Å². The van der Waals surface area contributed by atoms with Crippen molar-refractivity contribution in [3.05, 3.63) is 35.7 Å². The van der Waals surface area contributed by atoms with Crippen molar-refractivity contribution in [1.82, 2.24) is 21.1 Å². The molecule has 0 spiro atoms. The number of nitrogens with one attached hydrogen (secondary N) is 3. The second-order valence-electron chi connectivity index (χ2n) is 6.96. The van der Waals surface area contributed by atoms with E-state index in [9.17, 15) is 4.79 Å². The Morgan fingerprint density at radius 3 is 3.00 bits per heavy atom. The first-order chi connectivity index (χ1) is 11.1. The first kappa shape index (κ1) is 16.1. The van der Waals surface area contributed by atoms with Crippen molar-refractivity contribution in [2.24, 2.45) is 11.8 Å². The number of fused-ring (bicyclic) bond motifs is 3. The average Bonchev–Trinajstić information content (AvgIpc) is 2.54. The maximum atomic E-state index is 12.1. The van der Waals surface area contributed by atoms with Gasteiger partial charge in [-0.05, 0) is 35.8 Å². The highest BCUT2D eigenvalue weighted by Gasteiger charge is 2.43. The number of carbonyl (C=O) groups excluding carboxylic acids is 1. The molecule has 5 heteroatoms. The van der Waals surface area contributed by atoms with Gasteiger partial charge in [0.15, 0.2) is 0 Å². The number of allylic oxidation sites excluding steroid dienone is 2. The minimum Gasteiger partial charge on any atom is -0.367 e. The topological polar surface area (TPSA) is 56.4 Å². The summed E-state index contributed by atoms with van der Waals surface area (Å²) >= 11 is 0. The molecule has 3 rings (SSSR count). The van der Waals surface area contributed by atoms with Crippen LogP contribution in [0.1, 0.15) is 40.0 Å². The Hall–Kier alpha value is -1.75. The molecule has 0 aromatic rings. The number of carbonyl (C=O) groups is 1. The van der Waals surface area contributed by atoms with Crippen LogP contribution in [-0.4, -0.2) is 29.7 Å². The molecule has 5 nitrogen and oxygen atoms in total. The Labute approximate surface area is 138 Å². The normalized spacial score (nSPS) is 29.3. The van der Waals surface area contributed by atoms with Gasteiger partial charge in [-0.3, -0.25) is 9.80 Å². The first-order valence-corrected chi connectivity index (χ1v) is 8.76. The summed E-state index contributed by atoms with van der Waals surface area (Å²) in [6.07, 6.45) is 11.3. The van der Waals surface area contributed by atoms with Gasteiger partial charge >= 0.3 is 0 Å². The number of hydrogen-bond donors (Lipinski definition) is 3. The van der Waals surface area contributed by atoms with Gasteiger partial charge in [-0.25, -0.2) is 5.43 Å². The van der Waals surface area contributed by atoms with Crippen LogP contribution in [0.15, 0.2) is 35.7 Å². The van der Waals surface area contributed by atoms with E-state index in [0.29, 0.717) is 18.3 Å². The fraction of sp³-hybridized carbons (Fsp3) is 0.611. The molecule has 1 saturated heterocycles. The highest BCUT2D eigenvalue weighted by molar-refractivity contribution is 5.81. The molecule has 126 valence electrons. The van der Waals surface area contributed by atoms with E-state index in [1.165, 1.54) is 17.6 Å². The zero-order chi connectivity index (χ0) is 16.4. The van der Waals surface area contributed by atoms with E-state index in [-0.39, 0.29) is 18.1 Å². The lowest BCUT2D eigenvalue weighted by Crippen LogP contribution is -2.59. The standard InChI is InChI=1S/C18H28N4O/c1-4-5-9-20-22-11-13-10-15(23)21-17(12(2)3)16(13)14-7-6-8-19-18(14)22/h6-8,11-12,16-20H,4-5,9-10H2,1-3H3,(H,21,23). The quantitative estimate of drug-likeness (QED) is 0.679. The molecule has 0 saturated carbocycles. The Kier molecular flexibility index (Phi) is 4.76. The highest BCUT2D eigenvalue weighted by atomic mass is 16.1. The molecule has 1 amide bonds. The van der Waals surface area contributed by atoms with Crippen molar-refractivity contribution in [3.63, 3.8) is 0 Å². The Morgan fingerprint density at radius 2 is 2.26 bits per heavy atom. The van der Waals surface area contributed by atoms with Crippen molar-refractivity contribution in [2.75, 3.05) is 6.54 Å². The summed E-state index contributed by atoms with van der Waals surface area (Å²) < 4.78 is 0. The maximum Gasteiger partial charge on any atom is 0.224 e. The van der Waals surface area contributed by atoms with Crippen molar-refractivity contribution >= 4 is 5.91 Å². The van der Waals surface area contributed by atoms with Gasteiger partial charge in [0.05, 0.1) is 6.42 Å². The Balaban J connectivity index is 1.92. The maximum absolute atomic E-state index is 12.1. The van der Waals surface area contributed by atoms with Crippen LogP contribution in [0.2, 0.25) is 0 Å². The van der Waals surface area contributed by atoms with E-state index in [1.54, 1.807) is 0 Å². The fourth-order valence-corrected chi connectivity index (χ4v) is 3.73. The second-order valence-corrected chi connectivity index (χ2v) is 6.96. The molecule has 3 aliphatic heterocycles. The number of hydrazine groups is 1. The summed E-state index contributed by atoms with van der Waals surface area (Å²) in [5, 5.41) is 8.81. The number of piperidine rings is 1. The number of amides is 1. The van der Waals surface area contributed by atoms with Gasteiger partial charge in [-0.1, -0.05) is 33.3 Å². The van der Waals surface area contributed by atoms with Gasteiger partial charge < -0.3 is 10.6 Å². The lowest BCUT2D eigenvalue weighted by Gasteiger charge is -2.48. The van der Waals surface area contributed by atoms with Crippen LogP contribution >= 0.6 is 0 Å². The van der Waals surface area contributed by atoms with Gasteiger partial charge in [-0.15, -0.1) is 0 Å². The van der Waals surface area contributed by atoms with Crippen LogP contribution in [0.3, 0.4) is 0 Å². The first-order valence-electron chi connectivity index (χ1n) is 8.76. The predicted octanol–water partition coefficient (Wildman–Crippen LogP) is 2.02. The molecule has 0 aromatic carbocycles. The molecule has 3 atom stereocenters. The SMILES string of the molecule is CCCCNN1C=C2CC(=O)NC(C(C)C)C2C2=CC=CNC21. The number of dihydropyridines is 1. The van der Waals surface area contributed by atoms with Crippen LogP contribution in [-0.2, 0) is 4.79 Å². The summed E-state index contributed by atoms with van der Waals surface area (Å²) in [7, 11) is 0. The molecule has 0 aliphatic carbocycles. The zero-order valence-corrected chi connectivity index (χ0v) is 14.3. The van der Waals surface area contributed by atoms with Crippen molar-refractivity contribution in [2.45, 2.75) is 52.2 Å². The number of nitrogens with zero attached hydrogens (tertiary/aromatic N) is 1. The molecular formula is C18H28N4O. The molecule has 3 N–H and O–H groups in total. The predicted molar refractivity (Wildman–Crippen MR) is 91.9 cm³/mol. The average molecular weight is 316 g/mol. The summed E-state index contributed by atoms with van der Waals surface area (Å²) in [4.78, 5) is 12.1. The van der Waals surface area contributed by atoms with Crippen molar-refractivity contribution in [3.8, 4) is 0 Å². The van der Waals surface area contributed by atoms with Crippen LogP contribution in [0, 0.1) is 11.8 Å².